The predicted octanol–water partition coefficient (Wildman–Crippen LogP) is 2.74. The minimum Gasteiger partial charge on any atom is -0.207 e. The van der Waals surface area contributed by atoms with Crippen LogP contribution in [0.5, 0.6) is 0 Å². The van der Waals surface area contributed by atoms with Gasteiger partial charge in [-0.15, -0.1) is 15.3 Å². The van der Waals surface area contributed by atoms with E-state index in [2.05, 4.69) is 24.9 Å². The van der Waals surface area contributed by atoms with Gasteiger partial charge in [0, 0.05) is 6.42 Å². The highest BCUT2D eigenvalue weighted by Crippen LogP contribution is 2.30. The van der Waals surface area contributed by atoms with Crippen LogP contribution in [0.2, 0.25) is 0 Å². The van der Waals surface area contributed by atoms with Gasteiger partial charge in [0.2, 0.25) is 4.96 Å². The minimum atomic E-state index is -0.251. The van der Waals surface area contributed by atoms with Crippen molar-refractivity contribution in [1.29, 1.82) is 0 Å². The first-order valence-electron chi connectivity index (χ1n) is 6.45. The molecule has 0 unspecified atom stereocenters. The molecule has 0 spiro atoms. The quantitative estimate of drug-likeness (QED) is 0.577. The maximum absolute atomic E-state index is 13.0. The number of fused-ring (bicyclic) bond motifs is 1. The molecule has 22 heavy (non-hydrogen) atoms. The molecular formula is C13H9FN6S2. The Morgan fingerprint density at radius 3 is 2.68 bits per heavy atom. The predicted molar refractivity (Wildman–Crippen MR) is 81.5 cm³/mol. The van der Waals surface area contributed by atoms with E-state index in [-0.39, 0.29) is 5.82 Å². The van der Waals surface area contributed by atoms with Gasteiger partial charge >= 0.3 is 0 Å². The minimum absolute atomic E-state index is 0.251. The molecule has 0 saturated carbocycles. The van der Waals surface area contributed by atoms with E-state index in [1.807, 2.05) is 6.92 Å². The molecule has 0 amide bonds. The fourth-order valence-electron chi connectivity index (χ4n) is 2.07. The monoisotopic (exact) mass is 332 g/mol. The fourth-order valence-corrected chi connectivity index (χ4v) is 3.70. The fraction of sp³-hybridized carbons (Fsp3) is 0.154. The van der Waals surface area contributed by atoms with Crippen LogP contribution in [0.25, 0.3) is 14.8 Å². The van der Waals surface area contributed by atoms with Crippen molar-refractivity contribution in [3.05, 3.63) is 47.2 Å². The molecule has 4 aromatic rings. The number of rotatable bonds is 3. The number of benzene rings is 1. The number of halogens is 1. The Bertz CT molecular complexity index is 939. The van der Waals surface area contributed by atoms with Gasteiger partial charge in [-0.3, -0.25) is 0 Å². The largest absolute Gasteiger partial charge is 0.235 e. The molecule has 0 aliphatic heterocycles. The van der Waals surface area contributed by atoms with E-state index in [1.54, 1.807) is 16.6 Å². The van der Waals surface area contributed by atoms with Crippen molar-refractivity contribution in [3.8, 4) is 9.88 Å². The Labute approximate surface area is 132 Å². The second kappa shape index (κ2) is 5.18. The summed E-state index contributed by atoms with van der Waals surface area (Å²) in [6, 6.07) is 6.35. The summed E-state index contributed by atoms with van der Waals surface area (Å²) in [5.74, 6) is 0.471. The Morgan fingerprint density at radius 1 is 1.14 bits per heavy atom. The third kappa shape index (κ3) is 2.28. The van der Waals surface area contributed by atoms with Gasteiger partial charge in [-0.25, -0.2) is 4.39 Å². The first kappa shape index (κ1) is 13.4. The Morgan fingerprint density at radius 2 is 1.95 bits per heavy atom. The Kier molecular flexibility index (Phi) is 3.16. The van der Waals surface area contributed by atoms with Crippen molar-refractivity contribution in [2.45, 2.75) is 13.3 Å². The van der Waals surface area contributed by atoms with Crippen molar-refractivity contribution < 1.29 is 4.39 Å². The summed E-state index contributed by atoms with van der Waals surface area (Å²) < 4.78 is 18.6. The normalized spacial score (nSPS) is 11.4. The smallest absolute Gasteiger partial charge is 0.207 e. The van der Waals surface area contributed by atoms with Crippen LogP contribution in [0, 0.1) is 12.7 Å². The molecular weight excluding hydrogens is 323 g/mol. The maximum Gasteiger partial charge on any atom is 0.235 e. The van der Waals surface area contributed by atoms with E-state index in [0.717, 1.165) is 31.9 Å². The van der Waals surface area contributed by atoms with Crippen molar-refractivity contribution in [1.82, 2.24) is 29.4 Å². The van der Waals surface area contributed by atoms with E-state index in [4.69, 9.17) is 0 Å². The van der Waals surface area contributed by atoms with Crippen LogP contribution in [0.15, 0.2) is 24.3 Å². The lowest BCUT2D eigenvalue weighted by Gasteiger charge is -1.98. The van der Waals surface area contributed by atoms with E-state index in [0.29, 0.717) is 6.42 Å². The molecule has 0 fully saturated rings. The lowest BCUT2D eigenvalue weighted by Crippen LogP contribution is -1.97. The van der Waals surface area contributed by atoms with Crippen molar-refractivity contribution in [2.24, 2.45) is 0 Å². The van der Waals surface area contributed by atoms with Gasteiger partial charge in [-0.1, -0.05) is 28.0 Å². The Balaban J connectivity index is 1.72. The summed E-state index contributed by atoms with van der Waals surface area (Å²) in [6.45, 7) is 1.90. The zero-order valence-electron chi connectivity index (χ0n) is 11.4. The second-order valence-electron chi connectivity index (χ2n) is 4.71. The van der Waals surface area contributed by atoms with Crippen molar-refractivity contribution in [2.75, 3.05) is 0 Å². The van der Waals surface area contributed by atoms with Gasteiger partial charge in [0.05, 0.1) is 5.69 Å². The van der Waals surface area contributed by atoms with Gasteiger partial charge < -0.3 is 0 Å². The lowest BCUT2D eigenvalue weighted by atomic mass is 10.1. The van der Waals surface area contributed by atoms with Crippen LogP contribution in [0.1, 0.15) is 17.1 Å². The van der Waals surface area contributed by atoms with Crippen LogP contribution >= 0.6 is 22.9 Å². The molecule has 0 bridgehead atoms. The molecule has 0 atom stereocenters. The summed E-state index contributed by atoms with van der Waals surface area (Å²) in [4.78, 5) is 1.67. The van der Waals surface area contributed by atoms with Crippen LogP contribution in [0.4, 0.5) is 4.39 Å². The van der Waals surface area contributed by atoms with Gasteiger partial charge in [0.25, 0.3) is 0 Å². The van der Waals surface area contributed by atoms with Crippen LogP contribution in [-0.2, 0) is 6.42 Å². The summed E-state index contributed by atoms with van der Waals surface area (Å²) in [7, 11) is 0. The first-order valence-corrected chi connectivity index (χ1v) is 8.04. The van der Waals surface area contributed by atoms with Gasteiger partial charge in [-0.05, 0) is 36.2 Å². The van der Waals surface area contributed by atoms with E-state index in [1.165, 1.54) is 35.0 Å². The molecule has 1 aromatic carbocycles. The van der Waals surface area contributed by atoms with E-state index >= 15 is 0 Å². The third-order valence-electron chi connectivity index (χ3n) is 3.18. The SMILES string of the molecule is Cc1nnsc1-c1nn2c(Cc3ccc(F)cc3)nnc2s1. The highest BCUT2D eigenvalue weighted by Gasteiger charge is 2.16. The standard InChI is InChI=1S/C13H9FN6S2/c1-7-11(22-19-15-7)12-18-20-10(16-17-13(20)21-12)6-8-2-4-9(14)5-3-8/h2-5H,6H2,1H3. The molecule has 6 nitrogen and oxygen atoms in total. The number of aromatic nitrogens is 6. The van der Waals surface area contributed by atoms with Crippen LogP contribution in [-0.4, -0.2) is 29.4 Å². The molecule has 0 aliphatic rings. The second-order valence-corrected chi connectivity index (χ2v) is 6.42. The lowest BCUT2D eigenvalue weighted by molar-refractivity contribution is 0.627. The molecule has 3 heterocycles. The van der Waals surface area contributed by atoms with E-state index < -0.39 is 0 Å². The molecule has 9 heteroatoms. The summed E-state index contributed by atoms with van der Waals surface area (Å²) in [5.41, 5.74) is 1.82. The molecule has 4 rings (SSSR count). The van der Waals surface area contributed by atoms with Gasteiger partial charge in [-0.2, -0.15) is 9.61 Å². The zero-order chi connectivity index (χ0) is 15.1. The van der Waals surface area contributed by atoms with Gasteiger partial charge in [0.1, 0.15) is 10.7 Å². The van der Waals surface area contributed by atoms with Crippen molar-refractivity contribution in [3.63, 3.8) is 0 Å². The highest BCUT2D eigenvalue weighted by molar-refractivity contribution is 7.23. The number of hydrogen-bond donors (Lipinski definition) is 0. The highest BCUT2D eigenvalue weighted by atomic mass is 32.1. The zero-order valence-corrected chi connectivity index (χ0v) is 13.0. The molecule has 110 valence electrons. The number of hydrogen-bond acceptors (Lipinski definition) is 7. The maximum atomic E-state index is 13.0. The van der Waals surface area contributed by atoms with Crippen LogP contribution < -0.4 is 0 Å². The van der Waals surface area contributed by atoms with Gasteiger partial charge in [0.15, 0.2) is 10.8 Å². The molecule has 0 radical (unpaired) electrons. The summed E-state index contributed by atoms with van der Waals surface area (Å²) >= 11 is 2.77. The third-order valence-corrected chi connectivity index (χ3v) is 5.06. The summed E-state index contributed by atoms with van der Waals surface area (Å²) in [5, 5.41) is 17.7. The average molecular weight is 332 g/mol. The topological polar surface area (TPSA) is 68.9 Å². The molecule has 0 N–H and O–H groups in total. The summed E-state index contributed by atoms with van der Waals surface area (Å²) in [6.07, 6.45) is 0.546. The van der Waals surface area contributed by atoms with Crippen molar-refractivity contribution >= 4 is 27.8 Å². The number of aryl methyl sites for hydroxylation is 1. The van der Waals surface area contributed by atoms with E-state index in [9.17, 15) is 4.39 Å². The molecule has 0 saturated heterocycles. The average Bonchev–Trinajstić information content (AvgIpc) is 3.18. The van der Waals surface area contributed by atoms with Crippen LogP contribution in [0.3, 0.4) is 0 Å². The molecule has 0 aliphatic carbocycles. The number of nitrogens with zero attached hydrogens (tertiary/aromatic N) is 6. The Hall–Kier alpha value is -2.26. The molecule has 3 aromatic heterocycles. The first-order chi connectivity index (χ1) is 10.7.